The summed E-state index contributed by atoms with van der Waals surface area (Å²) in [7, 11) is 0. The highest BCUT2D eigenvalue weighted by Crippen LogP contribution is 2.50. The second kappa shape index (κ2) is 14.7. The molecule has 51 heavy (non-hydrogen) atoms. The van der Waals surface area contributed by atoms with Crippen LogP contribution in [0.2, 0.25) is 5.02 Å². The maximum absolute atomic E-state index is 13.3. The Balaban J connectivity index is 1.10. The molecule has 1 N–H and O–H groups in total. The second-order valence-corrected chi connectivity index (χ2v) is 14.4. The van der Waals surface area contributed by atoms with E-state index in [2.05, 4.69) is 83.0 Å². The molecular weight excluding hydrogens is 674 g/mol. The number of nitrogens with one attached hydrogen (secondary N) is 1. The number of benzene rings is 5. The van der Waals surface area contributed by atoms with Gasteiger partial charge in [-0.2, -0.15) is 0 Å². The molecule has 3 aliphatic rings. The van der Waals surface area contributed by atoms with Crippen molar-refractivity contribution in [3.05, 3.63) is 159 Å². The van der Waals surface area contributed by atoms with Gasteiger partial charge in [0.15, 0.2) is 16.7 Å². The van der Waals surface area contributed by atoms with E-state index < -0.39 is 0 Å². The first-order chi connectivity index (χ1) is 25.0. The molecule has 5 aromatic carbocycles. The lowest BCUT2D eigenvalue weighted by Gasteiger charge is -2.43. The van der Waals surface area contributed by atoms with Crippen LogP contribution < -0.4 is 19.7 Å². The Labute approximate surface area is 308 Å². The van der Waals surface area contributed by atoms with Crippen molar-refractivity contribution < 1.29 is 14.3 Å². The van der Waals surface area contributed by atoms with Gasteiger partial charge < -0.3 is 19.7 Å². The monoisotopic (exact) mass is 711 g/mol. The van der Waals surface area contributed by atoms with E-state index in [0.717, 1.165) is 42.7 Å². The van der Waals surface area contributed by atoms with Crippen LogP contribution >= 0.6 is 23.4 Å². The van der Waals surface area contributed by atoms with Crippen LogP contribution in [0.1, 0.15) is 65.0 Å². The summed E-state index contributed by atoms with van der Waals surface area (Å²) < 4.78 is 12.0. The molecule has 3 aliphatic heterocycles. The van der Waals surface area contributed by atoms with Gasteiger partial charge in [0.2, 0.25) is 0 Å². The van der Waals surface area contributed by atoms with Crippen LogP contribution in [0.3, 0.4) is 0 Å². The number of hydrogen-bond donors (Lipinski definition) is 1. The average molecular weight is 712 g/mol. The largest absolute Gasteiger partial charge is 0.490 e. The van der Waals surface area contributed by atoms with Crippen molar-refractivity contribution in [3.8, 4) is 11.5 Å². The highest BCUT2D eigenvalue weighted by Gasteiger charge is 2.35. The maximum atomic E-state index is 13.3. The quantitative estimate of drug-likeness (QED) is 0.154. The summed E-state index contributed by atoms with van der Waals surface area (Å²) in [6, 6.07) is 39.4. The van der Waals surface area contributed by atoms with Gasteiger partial charge in [-0.1, -0.05) is 96.5 Å². The first kappa shape index (κ1) is 33.2. The number of carbonyl (C=O) groups excluding carboxylic acids is 1. The number of nitrogens with zero attached hydrogens (tertiary/aromatic N) is 2. The van der Waals surface area contributed by atoms with Gasteiger partial charge >= 0.3 is 0 Å². The van der Waals surface area contributed by atoms with Gasteiger partial charge in [-0.15, -0.1) is 0 Å². The average Bonchev–Trinajstić information content (AvgIpc) is 3.50. The molecule has 3 heterocycles. The lowest BCUT2D eigenvalue weighted by Crippen LogP contribution is -2.37. The number of thioether (sulfide) groups is 1. The molecule has 1 amide bonds. The van der Waals surface area contributed by atoms with E-state index in [9.17, 15) is 4.79 Å². The molecule has 0 aliphatic carbocycles. The van der Waals surface area contributed by atoms with Crippen LogP contribution in [-0.2, 0) is 11.4 Å². The summed E-state index contributed by atoms with van der Waals surface area (Å²) in [6.45, 7) is 4.80. The third-order valence-electron chi connectivity index (χ3n) is 9.79. The minimum Gasteiger partial charge on any atom is -0.490 e. The molecular formula is C43H38ClN3O3S. The van der Waals surface area contributed by atoms with Gasteiger partial charge in [0.05, 0.1) is 17.2 Å². The van der Waals surface area contributed by atoms with Crippen molar-refractivity contribution in [2.45, 2.75) is 38.2 Å². The predicted molar refractivity (Wildman–Crippen MR) is 209 cm³/mol. The van der Waals surface area contributed by atoms with Crippen LogP contribution in [0.25, 0.3) is 6.08 Å². The van der Waals surface area contributed by atoms with Gasteiger partial charge in [-0.25, -0.2) is 4.99 Å². The molecule has 2 atom stereocenters. The normalized spacial score (nSPS) is 19.6. The topological polar surface area (TPSA) is 63.2 Å². The van der Waals surface area contributed by atoms with Crippen LogP contribution in [0.4, 0.5) is 11.4 Å². The molecule has 0 aromatic heterocycles. The Bertz CT molecular complexity index is 2060. The van der Waals surface area contributed by atoms with Crippen molar-refractivity contribution in [2.24, 2.45) is 4.99 Å². The number of hydrogen-bond acceptors (Lipinski definition) is 6. The second-order valence-electron chi connectivity index (χ2n) is 13.0. The van der Waals surface area contributed by atoms with E-state index in [1.54, 1.807) is 0 Å². The zero-order valence-electron chi connectivity index (χ0n) is 28.3. The van der Waals surface area contributed by atoms with Crippen LogP contribution in [0, 0.1) is 0 Å². The van der Waals surface area contributed by atoms with Crippen LogP contribution in [-0.4, -0.2) is 30.8 Å². The zero-order valence-corrected chi connectivity index (χ0v) is 29.9. The molecule has 0 spiro atoms. The third-order valence-corrected chi connectivity index (χ3v) is 11.1. The predicted octanol–water partition coefficient (Wildman–Crippen LogP) is 10.1. The van der Waals surface area contributed by atoms with E-state index in [-0.39, 0.29) is 17.7 Å². The molecule has 8 rings (SSSR count). The fraction of sp³-hybridized carbons (Fsp3) is 0.209. The maximum Gasteiger partial charge on any atom is 0.264 e. The number of amidine groups is 1. The molecule has 8 heteroatoms. The Morgan fingerprint density at radius 3 is 2.12 bits per heavy atom. The molecule has 0 saturated carbocycles. The molecule has 256 valence electrons. The fourth-order valence-electron chi connectivity index (χ4n) is 7.43. The summed E-state index contributed by atoms with van der Waals surface area (Å²) in [5.41, 5.74) is 9.22. The lowest BCUT2D eigenvalue weighted by atomic mass is 9.76. The van der Waals surface area contributed by atoms with Crippen molar-refractivity contribution >= 4 is 51.9 Å². The van der Waals surface area contributed by atoms with Gasteiger partial charge in [-0.05, 0) is 95.8 Å². The lowest BCUT2D eigenvalue weighted by molar-refractivity contribution is -0.115. The van der Waals surface area contributed by atoms with Crippen molar-refractivity contribution in [1.82, 2.24) is 5.32 Å². The Hall–Kier alpha value is -4.98. The number of amides is 1. The highest BCUT2D eigenvalue weighted by molar-refractivity contribution is 8.18. The Morgan fingerprint density at radius 1 is 0.824 bits per heavy atom. The summed E-state index contributed by atoms with van der Waals surface area (Å²) in [5, 5.41) is 4.24. The molecule has 6 nitrogen and oxygen atoms in total. The van der Waals surface area contributed by atoms with E-state index >= 15 is 0 Å². The number of anilines is 1. The molecule has 0 bridgehead atoms. The van der Waals surface area contributed by atoms with Crippen molar-refractivity contribution in [2.75, 3.05) is 24.6 Å². The van der Waals surface area contributed by atoms with E-state index in [1.165, 1.54) is 39.7 Å². The Morgan fingerprint density at radius 2 is 1.47 bits per heavy atom. The van der Waals surface area contributed by atoms with Gasteiger partial charge in [0, 0.05) is 41.2 Å². The minimum atomic E-state index is -0.175. The SMILES string of the molecule is CCOc1cc(/C=C2\SC(=Nc3cc4c5c(c3)[C@H](c3ccccc3)CCN5CC[C@H]4c3ccccc3)NC2=O)ccc1OCc1ccccc1Cl. The standard InChI is InChI=1S/C43H38ClN3O3S/c1-2-49-39-23-28(17-18-38(39)50-27-31-15-9-10-16-37(31)44)24-40-42(48)46-43(51-40)45-32-25-35-33(29-11-5-3-6-12-29)19-21-47-22-20-34(36(26-32)41(35)47)30-13-7-4-8-14-30/h3-18,23-26,33-34H,2,19-22,27H2,1H3,(H,45,46,48)/b40-24-/t33-,34-/m0/s1. The minimum absolute atomic E-state index is 0.175. The molecule has 5 aromatic rings. The molecule has 0 radical (unpaired) electrons. The molecule has 1 saturated heterocycles. The van der Waals surface area contributed by atoms with Crippen LogP contribution in [0.5, 0.6) is 11.5 Å². The summed E-state index contributed by atoms with van der Waals surface area (Å²) in [6.07, 6.45) is 3.98. The number of ether oxygens (including phenoxy) is 2. The fourth-order valence-corrected chi connectivity index (χ4v) is 8.46. The van der Waals surface area contributed by atoms with Gasteiger partial charge in [0.25, 0.3) is 5.91 Å². The summed E-state index contributed by atoms with van der Waals surface area (Å²) in [5.74, 6) is 1.61. The first-order valence-electron chi connectivity index (χ1n) is 17.5. The molecule has 0 unspecified atom stereocenters. The van der Waals surface area contributed by atoms with Crippen molar-refractivity contribution in [3.63, 3.8) is 0 Å². The zero-order chi connectivity index (χ0) is 34.7. The van der Waals surface area contributed by atoms with Gasteiger partial charge in [0.1, 0.15) is 6.61 Å². The number of halogens is 1. The Kier molecular flexibility index (Phi) is 9.57. The smallest absolute Gasteiger partial charge is 0.264 e. The number of carbonyl (C=O) groups is 1. The number of rotatable bonds is 9. The summed E-state index contributed by atoms with van der Waals surface area (Å²) >= 11 is 7.69. The van der Waals surface area contributed by atoms with E-state index in [4.69, 9.17) is 26.1 Å². The van der Waals surface area contributed by atoms with Gasteiger partial charge in [-0.3, -0.25) is 4.79 Å². The number of aliphatic imine (C=N–C) groups is 1. The van der Waals surface area contributed by atoms with E-state index in [0.29, 0.717) is 39.8 Å². The van der Waals surface area contributed by atoms with Crippen molar-refractivity contribution in [1.29, 1.82) is 0 Å². The summed E-state index contributed by atoms with van der Waals surface area (Å²) in [4.78, 5) is 21.5. The molecule has 1 fully saturated rings. The van der Waals surface area contributed by atoms with Crippen LogP contribution in [0.15, 0.2) is 125 Å². The van der Waals surface area contributed by atoms with E-state index in [1.807, 2.05) is 55.5 Å². The third kappa shape index (κ3) is 7.01. The first-order valence-corrected chi connectivity index (χ1v) is 18.7. The highest BCUT2D eigenvalue weighted by atomic mass is 35.5.